The van der Waals surface area contributed by atoms with Gasteiger partial charge in [-0.05, 0) is 30.5 Å². The molecule has 1 saturated carbocycles. The maximum absolute atomic E-state index is 11.7. The highest BCUT2D eigenvalue weighted by molar-refractivity contribution is 6.31. The average Bonchev–Trinajstić information content (AvgIpc) is 2.96. The molecule has 0 saturated heterocycles. The van der Waals surface area contributed by atoms with E-state index in [9.17, 15) is 4.79 Å². The van der Waals surface area contributed by atoms with E-state index < -0.39 is 0 Å². The maximum atomic E-state index is 11.7. The predicted molar refractivity (Wildman–Crippen MR) is 62.1 cm³/mol. The van der Waals surface area contributed by atoms with Crippen LogP contribution in [0.4, 0.5) is 5.69 Å². The second kappa shape index (κ2) is 4.15. The molecule has 2 atom stereocenters. The number of nitrogens with zero attached hydrogens (tertiary/aromatic N) is 1. The van der Waals surface area contributed by atoms with Crippen molar-refractivity contribution in [2.75, 3.05) is 5.32 Å². The topological polar surface area (TPSA) is 52.9 Å². The second-order valence-electron chi connectivity index (χ2n) is 4.11. The van der Waals surface area contributed by atoms with Gasteiger partial charge in [0.25, 0.3) is 0 Å². The molecule has 16 heavy (non-hydrogen) atoms. The van der Waals surface area contributed by atoms with Gasteiger partial charge in [-0.2, -0.15) is 5.26 Å². The fourth-order valence-electron chi connectivity index (χ4n) is 1.63. The molecule has 0 heterocycles. The van der Waals surface area contributed by atoms with Gasteiger partial charge in [0.1, 0.15) is 6.07 Å². The Morgan fingerprint density at radius 1 is 1.62 bits per heavy atom. The third-order valence-corrected chi connectivity index (χ3v) is 3.04. The van der Waals surface area contributed by atoms with Crippen molar-refractivity contribution in [3.05, 3.63) is 28.8 Å². The Kier molecular flexibility index (Phi) is 2.84. The summed E-state index contributed by atoms with van der Waals surface area (Å²) in [4.78, 5) is 11.7. The predicted octanol–water partition coefficient (Wildman–Crippen LogP) is 2.81. The van der Waals surface area contributed by atoms with E-state index >= 15 is 0 Å². The largest absolute Gasteiger partial charge is 0.325 e. The maximum Gasteiger partial charge on any atom is 0.227 e. The molecule has 0 spiro atoms. The van der Waals surface area contributed by atoms with Crippen LogP contribution in [-0.4, -0.2) is 5.91 Å². The number of nitrogens with one attached hydrogen (secondary N) is 1. The van der Waals surface area contributed by atoms with Gasteiger partial charge >= 0.3 is 0 Å². The van der Waals surface area contributed by atoms with Gasteiger partial charge in [0, 0.05) is 10.9 Å². The number of rotatable bonds is 2. The molecular weight excluding hydrogens is 224 g/mol. The average molecular weight is 235 g/mol. The lowest BCUT2D eigenvalue weighted by atomic mass is 10.2. The number of hydrogen-bond acceptors (Lipinski definition) is 2. The lowest BCUT2D eigenvalue weighted by molar-refractivity contribution is -0.117. The minimum absolute atomic E-state index is 0.0220. The van der Waals surface area contributed by atoms with Gasteiger partial charge in [-0.1, -0.05) is 18.5 Å². The zero-order chi connectivity index (χ0) is 11.7. The molecule has 4 heteroatoms. The van der Waals surface area contributed by atoms with E-state index in [4.69, 9.17) is 16.9 Å². The normalized spacial score (nSPS) is 22.3. The van der Waals surface area contributed by atoms with Gasteiger partial charge in [-0.15, -0.1) is 0 Å². The summed E-state index contributed by atoms with van der Waals surface area (Å²) in [5.41, 5.74) is 0.935. The number of anilines is 1. The number of carbonyl (C=O) groups is 1. The summed E-state index contributed by atoms with van der Waals surface area (Å²) < 4.78 is 0. The van der Waals surface area contributed by atoms with Crippen molar-refractivity contribution in [2.45, 2.75) is 13.3 Å². The van der Waals surface area contributed by atoms with Gasteiger partial charge in [0.15, 0.2) is 0 Å². The van der Waals surface area contributed by atoms with E-state index in [-0.39, 0.29) is 11.8 Å². The molecule has 1 aromatic rings. The van der Waals surface area contributed by atoms with E-state index in [1.807, 2.05) is 13.0 Å². The highest BCUT2D eigenvalue weighted by Gasteiger charge is 2.39. The molecule has 0 bridgehead atoms. The van der Waals surface area contributed by atoms with Crippen LogP contribution in [0.15, 0.2) is 18.2 Å². The number of amides is 1. The summed E-state index contributed by atoms with van der Waals surface area (Å²) in [5.74, 6) is 0.515. The lowest BCUT2D eigenvalue weighted by Crippen LogP contribution is -2.15. The summed E-state index contributed by atoms with van der Waals surface area (Å²) in [6.07, 6.45) is 0.925. The van der Waals surface area contributed by atoms with E-state index in [1.54, 1.807) is 18.2 Å². The van der Waals surface area contributed by atoms with Crippen molar-refractivity contribution in [3.8, 4) is 6.07 Å². The Morgan fingerprint density at radius 2 is 2.31 bits per heavy atom. The lowest BCUT2D eigenvalue weighted by Gasteiger charge is -2.06. The van der Waals surface area contributed by atoms with Crippen molar-refractivity contribution in [2.24, 2.45) is 11.8 Å². The zero-order valence-electron chi connectivity index (χ0n) is 8.83. The molecular formula is C12H11ClN2O. The number of benzene rings is 1. The first-order valence-corrected chi connectivity index (χ1v) is 5.50. The SMILES string of the molecule is C[C@H]1C[C@@H]1C(=O)Nc1cc(Cl)ccc1C#N. The monoisotopic (exact) mass is 234 g/mol. The van der Waals surface area contributed by atoms with E-state index in [2.05, 4.69) is 5.32 Å². The van der Waals surface area contributed by atoms with E-state index in [0.717, 1.165) is 6.42 Å². The molecule has 1 aromatic carbocycles. The zero-order valence-corrected chi connectivity index (χ0v) is 9.58. The summed E-state index contributed by atoms with van der Waals surface area (Å²) in [6, 6.07) is 6.87. The van der Waals surface area contributed by atoms with Gasteiger partial charge in [0.05, 0.1) is 11.3 Å². The second-order valence-corrected chi connectivity index (χ2v) is 4.55. The first-order chi connectivity index (χ1) is 7.61. The molecule has 0 aliphatic heterocycles. The van der Waals surface area contributed by atoms with Crippen LogP contribution in [0.5, 0.6) is 0 Å². The summed E-state index contributed by atoms with van der Waals surface area (Å²) in [6.45, 7) is 2.04. The third kappa shape index (κ3) is 2.17. The van der Waals surface area contributed by atoms with Crippen molar-refractivity contribution in [3.63, 3.8) is 0 Å². The van der Waals surface area contributed by atoms with E-state index in [0.29, 0.717) is 22.2 Å². The van der Waals surface area contributed by atoms with Crippen LogP contribution in [0, 0.1) is 23.2 Å². The highest BCUT2D eigenvalue weighted by Crippen LogP contribution is 2.38. The van der Waals surface area contributed by atoms with Crippen molar-refractivity contribution in [1.29, 1.82) is 5.26 Å². The van der Waals surface area contributed by atoms with Gasteiger partial charge in [-0.25, -0.2) is 0 Å². The Bertz CT molecular complexity index is 478. The first-order valence-electron chi connectivity index (χ1n) is 5.12. The molecule has 0 aromatic heterocycles. The molecule has 3 nitrogen and oxygen atoms in total. The van der Waals surface area contributed by atoms with Crippen molar-refractivity contribution < 1.29 is 4.79 Å². The Balaban J connectivity index is 2.17. The molecule has 2 rings (SSSR count). The van der Waals surface area contributed by atoms with Crippen LogP contribution < -0.4 is 5.32 Å². The van der Waals surface area contributed by atoms with Crippen LogP contribution in [0.1, 0.15) is 18.9 Å². The van der Waals surface area contributed by atoms with Crippen LogP contribution in [0.3, 0.4) is 0 Å². The molecule has 0 unspecified atom stereocenters. The fourth-order valence-corrected chi connectivity index (χ4v) is 1.80. The smallest absolute Gasteiger partial charge is 0.227 e. The van der Waals surface area contributed by atoms with Crippen LogP contribution in [0.2, 0.25) is 5.02 Å². The summed E-state index contributed by atoms with van der Waals surface area (Å²) >= 11 is 5.82. The number of hydrogen-bond donors (Lipinski definition) is 1. The minimum atomic E-state index is -0.0220. The van der Waals surface area contributed by atoms with Crippen LogP contribution >= 0.6 is 11.6 Å². The third-order valence-electron chi connectivity index (χ3n) is 2.81. The van der Waals surface area contributed by atoms with Crippen LogP contribution in [0.25, 0.3) is 0 Å². The van der Waals surface area contributed by atoms with Gasteiger partial charge < -0.3 is 5.32 Å². The Hall–Kier alpha value is -1.53. The minimum Gasteiger partial charge on any atom is -0.325 e. The first kappa shape index (κ1) is 11.0. The Morgan fingerprint density at radius 3 is 2.88 bits per heavy atom. The Labute approximate surface area is 99.0 Å². The van der Waals surface area contributed by atoms with Crippen molar-refractivity contribution in [1.82, 2.24) is 0 Å². The molecule has 1 fully saturated rings. The van der Waals surface area contributed by atoms with Gasteiger partial charge in [-0.3, -0.25) is 4.79 Å². The number of carbonyl (C=O) groups excluding carboxylic acids is 1. The van der Waals surface area contributed by atoms with E-state index in [1.165, 1.54) is 0 Å². The van der Waals surface area contributed by atoms with Gasteiger partial charge in [0.2, 0.25) is 5.91 Å². The molecule has 0 radical (unpaired) electrons. The fraction of sp³-hybridized carbons (Fsp3) is 0.333. The van der Waals surface area contributed by atoms with Crippen molar-refractivity contribution >= 4 is 23.2 Å². The highest BCUT2D eigenvalue weighted by atomic mass is 35.5. The molecule has 82 valence electrons. The molecule has 1 amide bonds. The molecule has 1 aliphatic rings. The van der Waals surface area contributed by atoms with Crippen LogP contribution in [-0.2, 0) is 4.79 Å². The summed E-state index contributed by atoms with van der Waals surface area (Å²) in [5, 5.41) is 12.1. The summed E-state index contributed by atoms with van der Waals surface area (Å²) in [7, 11) is 0. The molecule has 1 N–H and O–H groups in total. The molecule has 1 aliphatic carbocycles. The standard InChI is InChI=1S/C12H11ClN2O/c1-7-4-10(7)12(16)15-11-5-9(13)3-2-8(11)6-14/h2-3,5,7,10H,4H2,1H3,(H,15,16)/t7-,10-/m0/s1. The number of nitriles is 1. The number of halogens is 1. The quantitative estimate of drug-likeness (QED) is 0.856.